The molecule has 4 heteroatoms. The van der Waals surface area contributed by atoms with Crippen LogP contribution in [-0.4, -0.2) is 6.54 Å². The zero-order chi connectivity index (χ0) is 12.3. The summed E-state index contributed by atoms with van der Waals surface area (Å²) >= 11 is 0. The van der Waals surface area contributed by atoms with E-state index >= 15 is 0 Å². The highest BCUT2D eigenvalue weighted by Gasteiger charge is 2.10. The first kappa shape index (κ1) is 11.8. The maximum Gasteiger partial charge on any atom is 0.159 e. The average Bonchev–Trinajstić information content (AvgIpc) is 2.78. The quantitative estimate of drug-likeness (QED) is 0.882. The summed E-state index contributed by atoms with van der Waals surface area (Å²) in [4.78, 5) is 0. The van der Waals surface area contributed by atoms with Crippen molar-refractivity contribution in [1.82, 2.24) is 5.32 Å². The van der Waals surface area contributed by atoms with Crippen LogP contribution in [-0.2, 0) is 6.54 Å². The first-order chi connectivity index (χ1) is 8.22. The molecule has 0 saturated heterocycles. The van der Waals surface area contributed by atoms with Crippen molar-refractivity contribution in [1.29, 1.82) is 0 Å². The largest absolute Gasteiger partial charge is 0.467 e. The molecule has 17 heavy (non-hydrogen) atoms. The Hall–Kier alpha value is -1.68. The normalized spacial score (nSPS) is 10.8. The van der Waals surface area contributed by atoms with E-state index in [9.17, 15) is 8.78 Å². The zero-order valence-corrected chi connectivity index (χ0v) is 9.47. The van der Waals surface area contributed by atoms with Crippen molar-refractivity contribution in [2.45, 2.75) is 13.5 Å². The predicted molar refractivity (Wildman–Crippen MR) is 61.4 cm³/mol. The summed E-state index contributed by atoms with van der Waals surface area (Å²) in [5.74, 6) is -0.971. The Kier molecular flexibility index (Phi) is 3.54. The molecule has 90 valence electrons. The molecule has 0 aliphatic rings. The Balaban J connectivity index is 2.32. The Labute approximate surface area is 98.3 Å². The minimum atomic E-state index is -0.849. The zero-order valence-electron chi connectivity index (χ0n) is 9.47. The number of hydrogen-bond donors (Lipinski definition) is 1. The first-order valence-electron chi connectivity index (χ1n) is 5.45. The molecule has 2 rings (SSSR count). The molecule has 0 fully saturated rings. The van der Waals surface area contributed by atoms with E-state index in [1.807, 2.05) is 6.92 Å². The molecule has 2 nitrogen and oxygen atoms in total. The van der Waals surface area contributed by atoms with E-state index in [2.05, 4.69) is 5.32 Å². The van der Waals surface area contributed by atoms with Crippen molar-refractivity contribution in [2.24, 2.45) is 0 Å². The summed E-state index contributed by atoms with van der Waals surface area (Å²) in [6.07, 6.45) is 1.54. The number of furan rings is 1. The van der Waals surface area contributed by atoms with Crippen molar-refractivity contribution in [2.75, 3.05) is 6.54 Å². The number of hydrogen-bond acceptors (Lipinski definition) is 2. The summed E-state index contributed by atoms with van der Waals surface area (Å²) < 4.78 is 31.3. The summed E-state index contributed by atoms with van der Waals surface area (Å²) in [7, 11) is 0. The second kappa shape index (κ2) is 5.10. The van der Waals surface area contributed by atoms with Gasteiger partial charge in [-0.15, -0.1) is 0 Å². The molecule has 1 heterocycles. The first-order valence-corrected chi connectivity index (χ1v) is 5.45. The fraction of sp³-hybridized carbons (Fsp3) is 0.231. The lowest BCUT2D eigenvalue weighted by Gasteiger charge is -2.04. The van der Waals surface area contributed by atoms with E-state index < -0.39 is 11.6 Å². The Morgan fingerprint density at radius 2 is 2.00 bits per heavy atom. The van der Waals surface area contributed by atoms with Crippen LogP contribution in [0.4, 0.5) is 8.78 Å². The van der Waals surface area contributed by atoms with E-state index in [0.29, 0.717) is 12.1 Å². The number of rotatable bonds is 4. The van der Waals surface area contributed by atoms with Gasteiger partial charge in [0, 0.05) is 5.56 Å². The highest BCUT2D eigenvalue weighted by atomic mass is 19.2. The maximum absolute atomic E-state index is 13.1. The van der Waals surface area contributed by atoms with E-state index in [1.165, 1.54) is 6.07 Å². The lowest BCUT2D eigenvalue weighted by atomic mass is 10.1. The number of benzene rings is 1. The van der Waals surface area contributed by atoms with Gasteiger partial charge in [0.25, 0.3) is 0 Å². The van der Waals surface area contributed by atoms with Gasteiger partial charge < -0.3 is 9.73 Å². The van der Waals surface area contributed by atoms with Gasteiger partial charge >= 0.3 is 0 Å². The van der Waals surface area contributed by atoms with Crippen LogP contribution in [0.25, 0.3) is 11.1 Å². The third kappa shape index (κ3) is 2.53. The Morgan fingerprint density at radius 3 is 2.71 bits per heavy atom. The lowest BCUT2D eigenvalue weighted by Crippen LogP contribution is -2.11. The van der Waals surface area contributed by atoms with Crippen LogP contribution in [0, 0.1) is 11.6 Å². The minimum absolute atomic E-state index is 0.567. The van der Waals surface area contributed by atoms with Crippen molar-refractivity contribution in [3.05, 3.63) is 47.9 Å². The molecule has 0 spiro atoms. The second-order valence-electron chi connectivity index (χ2n) is 3.67. The molecular formula is C13H13F2NO. The van der Waals surface area contributed by atoms with E-state index in [-0.39, 0.29) is 0 Å². The standard InChI is InChI=1S/C13H13F2NO/c1-2-16-8-13-10(5-6-17-13)9-3-4-11(14)12(15)7-9/h3-7,16H,2,8H2,1H3. The van der Waals surface area contributed by atoms with Gasteiger partial charge in [0.15, 0.2) is 11.6 Å². The average molecular weight is 237 g/mol. The van der Waals surface area contributed by atoms with Crippen LogP contribution in [0.5, 0.6) is 0 Å². The smallest absolute Gasteiger partial charge is 0.159 e. The monoisotopic (exact) mass is 237 g/mol. The molecule has 0 bridgehead atoms. The predicted octanol–water partition coefficient (Wildman–Crippen LogP) is 3.33. The molecule has 0 radical (unpaired) electrons. The molecule has 0 aliphatic heterocycles. The fourth-order valence-electron chi connectivity index (χ4n) is 1.64. The summed E-state index contributed by atoms with van der Waals surface area (Å²) in [5.41, 5.74) is 1.40. The summed E-state index contributed by atoms with van der Waals surface area (Å²) in [6, 6.07) is 5.59. The van der Waals surface area contributed by atoms with E-state index in [4.69, 9.17) is 4.42 Å². The van der Waals surface area contributed by atoms with Crippen molar-refractivity contribution in [3.8, 4) is 11.1 Å². The summed E-state index contributed by atoms with van der Waals surface area (Å²) in [6.45, 7) is 3.37. The Morgan fingerprint density at radius 1 is 1.18 bits per heavy atom. The summed E-state index contributed by atoms with van der Waals surface area (Å²) in [5, 5.41) is 3.13. The third-order valence-electron chi connectivity index (χ3n) is 2.51. The third-order valence-corrected chi connectivity index (χ3v) is 2.51. The van der Waals surface area contributed by atoms with Crippen LogP contribution in [0.2, 0.25) is 0 Å². The molecular weight excluding hydrogens is 224 g/mol. The van der Waals surface area contributed by atoms with Gasteiger partial charge in [-0.05, 0) is 30.3 Å². The molecule has 1 N–H and O–H groups in total. The topological polar surface area (TPSA) is 25.2 Å². The van der Waals surface area contributed by atoms with Crippen molar-refractivity contribution in [3.63, 3.8) is 0 Å². The molecule has 0 amide bonds. The Bertz CT molecular complexity index is 508. The van der Waals surface area contributed by atoms with Gasteiger partial charge in [-0.3, -0.25) is 0 Å². The van der Waals surface area contributed by atoms with Crippen molar-refractivity contribution < 1.29 is 13.2 Å². The van der Waals surface area contributed by atoms with Gasteiger partial charge in [-0.25, -0.2) is 8.78 Å². The van der Waals surface area contributed by atoms with Crippen LogP contribution < -0.4 is 5.32 Å². The van der Waals surface area contributed by atoms with Gasteiger partial charge in [0.05, 0.1) is 12.8 Å². The van der Waals surface area contributed by atoms with Gasteiger partial charge in [-0.1, -0.05) is 13.0 Å². The molecule has 0 saturated carbocycles. The van der Waals surface area contributed by atoms with E-state index in [1.54, 1.807) is 18.4 Å². The van der Waals surface area contributed by atoms with E-state index in [0.717, 1.165) is 23.9 Å². The highest BCUT2D eigenvalue weighted by Crippen LogP contribution is 2.26. The number of nitrogens with one attached hydrogen (secondary N) is 1. The molecule has 1 aromatic carbocycles. The van der Waals surface area contributed by atoms with Crippen LogP contribution in [0.15, 0.2) is 34.9 Å². The highest BCUT2D eigenvalue weighted by molar-refractivity contribution is 5.65. The molecule has 0 unspecified atom stereocenters. The molecule has 0 aliphatic carbocycles. The molecule has 0 atom stereocenters. The molecule has 1 aromatic heterocycles. The SMILES string of the molecule is CCNCc1occc1-c1ccc(F)c(F)c1. The maximum atomic E-state index is 13.1. The van der Waals surface area contributed by atoms with Crippen molar-refractivity contribution >= 4 is 0 Å². The van der Waals surface area contributed by atoms with Gasteiger partial charge in [0.1, 0.15) is 5.76 Å². The van der Waals surface area contributed by atoms with Crippen LogP contribution in [0.3, 0.4) is 0 Å². The van der Waals surface area contributed by atoms with Gasteiger partial charge in [0.2, 0.25) is 0 Å². The van der Waals surface area contributed by atoms with Crippen LogP contribution >= 0.6 is 0 Å². The number of halogens is 2. The minimum Gasteiger partial charge on any atom is -0.467 e. The second-order valence-corrected chi connectivity index (χ2v) is 3.67. The fourth-order valence-corrected chi connectivity index (χ4v) is 1.64. The molecule has 2 aromatic rings. The lowest BCUT2D eigenvalue weighted by molar-refractivity contribution is 0.488. The van der Waals surface area contributed by atoms with Crippen LogP contribution in [0.1, 0.15) is 12.7 Å². The van der Waals surface area contributed by atoms with Gasteiger partial charge in [-0.2, -0.15) is 0 Å².